The number of rotatable bonds is 7. The van der Waals surface area contributed by atoms with E-state index in [9.17, 15) is 23.3 Å². The van der Waals surface area contributed by atoms with Gasteiger partial charge in [-0.1, -0.05) is 17.7 Å². The number of halogens is 1. The van der Waals surface area contributed by atoms with Crippen molar-refractivity contribution in [2.24, 2.45) is 0 Å². The van der Waals surface area contributed by atoms with Crippen LogP contribution in [0.5, 0.6) is 0 Å². The molecule has 0 aliphatic carbocycles. The van der Waals surface area contributed by atoms with Crippen molar-refractivity contribution in [1.82, 2.24) is 0 Å². The summed E-state index contributed by atoms with van der Waals surface area (Å²) in [6, 6.07) is 8.58. The topological polar surface area (TPSA) is 107 Å². The zero-order valence-electron chi connectivity index (χ0n) is 14.2. The molecule has 0 heterocycles. The summed E-state index contributed by atoms with van der Waals surface area (Å²) in [5, 5.41) is 10.9. The van der Waals surface area contributed by atoms with E-state index in [1.165, 1.54) is 31.4 Å². The maximum Gasteiger partial charge on any atom is 0.339 e. The molecular weight excluding hydrogens is 396 g/mol. The van der Waals surface area contributed by atoms with Crippen molar-refractivity contribution >= 4 is 39.0 Å². The van der Waals surface area contributed by atoms with Crippen LogP contribution in [0, 0.1) is 10.1 Å². The highest BCUT2D eigenvalue weighted by molar-refractivity contribution is 7.92. The Bertz CT molecular complexity index is 989. The number of esters is 1. The van der Waals surface area contributed by atoms with Crippen molar-refractivity contribution in [3.05, 3.63) is 75.8 Å². The van der Waals surface area contributed by atoms with E-state index in [-0.39, 0.29) is 33.4 Å². The maximum absolute atomic E-state index is 13.0. The highest BCUT2D eigenvalue weighted by Gasteiger charge is 2.26. The molecule has 0 bridgehead atoms. The Morgan fingerprint density at radius 1 is 1.30 bits per heavy atom. The summed E-state index contributed by atoms with van der Waals surface area (Å²) in [5.74, 6) is -0.715. The minimum atomic E-state index is -4.08. The summed E-state index contributed by atoms with van der Waals surface area (Å²) >= 11 is 5.98. The Morgan fingerprint density at radius 3 is 2.44 bits per heavy atom. The lowest BCUT2D eigenvalue weighted by Crippen LogP contribution is -2.31. The Kier molecular flexibility index (Phi) is 6.19. The fraction of sp³-hybridized carbons (Fsp3) is 0.118. The number of carbonyl (C=O) groups is 1. The largest absolute Gasteiger partial charge is 0.465 e. The fourth-order valence-corrected chi connectivity index (χ4v) is 3.88. The van der Waals surface area contributed by atoms with Crippen LogP contribution < -0.4 is 4.31 Å². The first-order chi connectivity index (χ1) is 12.7. The number of hydrogen-bond acceptors (Lipinski definition) is 6. The Balaban J connectivity index is 2.54. The number of non-ortho nitro benzene ring substituents is 1. The lowest BCUT2D eigenvalue weighted by atomic mass is 10.2. The van der Waals surface area contributed by atoms with Crippen molar-refractivity contribution in [2.45, 2.75) is 4.90 Å². The predicted octanol–water partition coefficient (Wildman–Crippen LogP) is 3.42. The third-order valence-corrected chi connectivity index (χ3v) is 5.71. The number of nitrogens with zero attached hydrogens (tertiary/aromatic N) is 2. The number of ether oxygens (including phenoxy) is 1. The van der Waals surface area contributed by atoms with Gasteiger partial charge in [-0.25, -0.2) is 13.2 Å². The quantitative estimate of drug-likeness (QED) is 0.299. The molecule has 142 valence electrons. The number of carbonyl (C=O) groups excluding carboxylic acids is 1. The molecule has 2 aromatic rings. The number of methoxy groups -OCH3 is 1. The smallest absolute Gasteiger partial charge is 0.339 e. The van der Waals surface area contributed by atoms with Crippen LogP contribution in [0.2, 0.25) is 5.02 Å². The van der Waals surface area contributed by atoms with E-state index in [2.05, 4.69) is 11.3 Å². The van der Waals surface area contributed by atoms with E-state index in [1.807, 2.05) is 0 Å². The van der Waals surface area contributed by atoms with E-state index >= 15 is 0 Å². The molecule has 2 rings (SSSR count). The van der Waals surface area contributed by atoms with Gasteiger partial charge in [-0.05, 0) is 30.3 Å². The lowest BCUT2D eigenvalue weighted by Gasteiger charge is -2.23. The molecule has 0 aliphatic rings. The van der Waals surface area contributed by atoms with Gasteiger partial charge in [0, 0.05) is 12.1 Å². The van der Waals surface area contributed by atoms with Gasteiger partial charge in [-0.2, -0.15) is 0 Å². The van der Waals surface area contributed by atoms with Crippen molar-refractivity contribution in [3.63, 3.8) is 0 Å². The zero-order chi connectivity index (χ0) is 20.2. The Labute approximate surface area is 160 Å². The predicted molar refractivity (Wildman–Crippen MR) is 101 cm³/mol. The summed E-state index contributed by atoms with van der Waals surface area (Å²) in [5.41, 5.74) is -0.0635. The van der Waals surface area contributed by atoms with Gasteiger partial charge in [-0.3, -0.25) is 14.4 Å². The number of nitro groups is 1. The van der Waals surface area contributed by atoms with E-state index in [0.29, 0.717) is 0 Å². The standard InChI is InChI=1S/C17H15ClN2O6S/c1-3-10-19(13-6-9-16(18)15(11-13)17(21)26-2)27(24,25)14-7-4-12(5-8-14)20(22)23/h3-9,11H,1,10H2,2H3. The molecule has 0 amide bonds. The highest BCUT2D eigenvalue weighted by atomic mass is 35.5. The minimum absolute atomic E-state index is 0.00429. The van der Waals surface area contributed by atoms with Gasteiger partial charge in [0.1, 0.15) is 0 Å². The average molecular weight is 411 g/mol. The molecule has 0 radical (unpaired) electrons. The van der Waals surface area contributed by atoms with Crippen LogP contribution in [0.1, 0.15) is 10.4 Å². The lowest BCUT2D eigenvalue weighted by molar-refractivity contribution is -0.384. The van der Waals surface area contributed by atoms with Crippen molar-refractivity contribution in [3.8, 4) is 0 Å². The second-order valence-corrected chi connectivity index (χ2v) is 7.50. The third kappa shape index (κ3) is 4.26. The van der Waals surface area contributed by atoms with Crippen LogP contribution >= 0.6 is 11.6 Å². The van der Waals surface area contributed by atoms with E-state index < -0.39 is 20.9 Å². The summed E-state index contributed by atoms with van der Waals surface area (Å²) < 4.78 is 31.6. The molecule has 0 fully saturated rings. The van der Waals surface area contributed by atoms with Crippen LogP contribution in [-0.4, -0.2) is 33.0 Å². The summed E-state index contributed by atoms with van der Waals surface area (Å²) in [6.07, 6.45) is 1.37. The molecule has 8 nitrogen and oxygen atoms in total. The molecule has 0 saturated heterocycles. The average Bonchev–Trinajstić information content (AvgIpc) is 2.66. The van der Waals surface area contributed by atoms with Crippen LogP contribution in [0.25, 0.3) is 0 Å². The molecule has 0 saturated carbocycles. The molecule has 0 unspecified atom stereocenters. The SMILES string of the molecule is C=CCN(c1ccc(Cl)c(C(=O)OC)c1)S(=O)(=O)c1ccc([N+](=O)[O-])cc1. The number of hydrogen-bond donors (Lipinski definition) is 0. The van der Waals surface area contributed by atoms with Gasteiger partial charge in [0.15, 0.2) is 0 Å². The van der Waals surface area contributed by atoms with Gasteiger partial charge in [0.05, 0.1) is 39.7 Å². The van der Waals surface area contributed by atoms with Gasteiger partial charge in [-0.15, -0.1) is 6.58 Å². The third-order valence-electron chi connectivity index (χ3n) is 3.57. The Morgan fingerprint density at radius 2 is 1.93 bits per heavy atom. The molecule has 2 aromatic carbocycles. The molecule has 0 aliphatic heterocycles. The van der Waals surface area contributed by atoms with E-state index in [4.69, 9.17) is 11.6 Å². The second-order valence-electron chi connectivity index (χ2n) is 5.23. The Hall–Kier alpha value is -2.91. The molecule has 10 heteroatoms. The minimum Gasteiger partial charge on any atom is -0.465 e. The first kappa shape index (κ1) is 20.4. The normalized spacial score (nSPS) is 10.9. The highest BCUT2D eigenvalue weighted by Crippen LogP contribution is 2.29. The summed E-state index contributed by atoms with van der Waals surface area (Å²) in [6.45, 7) is 3.45. The van der Waals surface area contributed by atoms with Crippen LogP contribution in [0.4, 0.5) is 11.4 Å². The first-order valence-electron chi connectivity index (χ1n) is 7.48. The molecular formula is C17H15ClN2O6S. The zero-order valence-corrected chi connectivity index (χ0v) is 15.7. The van der Waals surface area contributed by atoms with Crippen molar-refractivity contribution < 1.29 is 22.9 Å². The van der Waals surface area contributed by atoms with Gasteiger partial charge < -0.3 is 4.74 Å². The number of benzene rings is 2. The maximum atomic E-state index is 13.0. The fourth-order valence-electron chi connectivity index (χ4n) is 2.26. The number of nitro benzene ring substituents is 1. The number of anilines is 1. The van der Waals surface area contributed by atoms with E-state index in [0.717, 1.165) is 28.6 Å². The second kappa shape index (κ2) is 8.19. The molecule has 0 atom stereocenters. The number of sulfonamides is 1. The molecule has 0 N–H and O–H groups in total. The monoisotopic (exact) mass is 410 g/mol. The summed E-state index contributed by atoms with van der Waals surface area (Å²) in [4.78, 5) is 21.8. The molecule has 0 spiro atoms. The molecule has 27 heavy (non-hydrogen) atoms. The van der Waals surface area contributed by atoms with E-state index in [1.54, 1.807) is 0 Å². The van der Waals surface area contributed by atoms with Crippen molar-refractivity contribution in [2.75, 3.05) is 18.0 Å². The van der Waals surface area contributed by atoms with Gasteiger partial charge >= 0.3 is 5.97 Å². The molecule has 0 aromatic heterocycles. The van der Waals surface area contributed by atoms with Crippen LogP contribution in [0.3, 0.4) is 0 Å². The van der Waals surface area contributed by atoms with Gasteiger partial charge in [0.25, 0.3) is 15.7 Å². The van der Waals surface area contributed by atoms with Gasteiger partial charge in [0.2, 0.25) is 0 Å². The summed E-state index contributed by atoms with van der Waals surface area (Å²) in [7, 11) is -2.90. The van der Waals surface area contributed by atoms with Crippen molar-refractivity contribution in [1.29, 1.82) is 0 Å². The van der Waals surface area contributed by atoms with Crippen LogP contribution in [-0.2, 0) is 14.8 Å². The first-order valence-corrected chi connectivity index (χ1v) is 9.30. The van der Waals surface area contributed by atoms with Crippen LogP contribution in [0.15, 0.2) is 60.0 Å².